The molecule has 1 heterocycles. The predicted octanol–water partition coefficient (Wildman–Crippen LogP) is 4.66. The average Bonchev–Trinajstić information content (AvgIpc) is 3.01. The molecule has 0 aliphatic rings. The number of imidazole rings is 1. The van der Waals surface area contributed by atoms with Gasteiger partial charge in [0.25, 0.3) is 0 Å². The Morgan fingerprint density at radius 2 is 2.14 bits per heavy atom. The molecule has 0 fully saturated rings. The van der Waals surface area contributed by atoms with Crippen molar-refractivity contribution in [3.63, 3.8) is 0 Å². The number of rotatable bonds is 7. The zero-order valence-corrected chi connectivity index (χ0v) is 13.7. The van der Waals surface area contributed by atoms with E-state index in [0.29, 0.717) is 0 Å². The molecule has 2 rings (SSSR count). The lowest BCUT2D eigenvalue weighted by molar-refractivity contribution is -0.117. The van der Waals surface area contributed by atoms with Gasteiger partial charge in [0.05, 0.1) is 12.4 Å². The Hall–Kier alpha value is -1.68. The van der Waals surface area contributed by atoms with Gasteiger partial charge in [-0.15, -0.1) is 0 Å². The molecule has 2 aromatic rings. The van der Waals surface area contributed by atoms with Crippen molar-refractivity contribution in [2.24, 2.45) is 0 Å². The third-order valence-corrected chi connectivity index (χ3v) is 3.88. The molecule has 110 valence electrons. The quantitative estimate of drug-likeness (QED) is 0.683. The fourth-order valence-corrected chi connectivity index (χ4v) is 2.42. The highest BCUT2D eigenvalue weighted by molar-refractivity contribution is 9.10. The molecule has 1 aromatic carbocycles. The van der Waals surface area contributed by atoms with Crippen LogP contribution in [0.5, 0.6) is 0 Å². The van der Waals surface area contributed by atoms with Gasteiger partial charge in [0, 0.05) is 16.9 Å². The van der Waals surface area contributed by atoms with Gasteiger partial charge in [-0.25, -0.2) is 4.98 Å². The van der Waals surface area contributed by atoms with Crippen LogP contribution in [0.15, 0.2) is 53.5 Å². The zero-order valence-electron chi connectivity index (χ0n) is 12.1. The largest absolute Gasteiger partial charge is 0.327 e. The summed E-state index contributed by atoms with van der Waals surface area (Å²) in [4.78, 5) is 16.5. The van der Waals surface area contributed by atoms with E-state index in [1.807, 2.05) is 41.1 Å². The maximum absolute atomic E-state index is 12.4. The maximum atomic E-state index is 12.4. The van der Waals surface area contributed by atoms with E-state index >= 15 is 0 Å². The first kappa shape index (κ1) is 15.7. The van der Waals surface area contributed by atoms with Crippen molar-refractivity contribution in [1.82, 2.24) is 9.55 Å². The first-order chi connectivity index (χ1) is 10.2. The average molecular weight is 347 g/mol. The molecule has 1 aromatic heterocycles. The fraction of sp³-hybridized carbons (Fsp3) is 0.294. The summed E-state index contributed by atoms with van der Waals surface area (Å²) in [6.07, 6.45) is 11.8. The lowest BCUT2D eigenvalue weighted by Gasteiger charge is -2.14. The van der Waals surface area contributed by atoms with E-state index in [9.17, 15) is 4.79 Å². The van der Waals surface area contributed by atoms with Gasteiger partial charge in [-0.1, -0.05) is 53.9 Å². The van der Waals surface area contributed by atoms with Crippen molar-refractivity contribution < 1.29 is 4.79 Å². The topological polar surface area (TPSA) is 34.9 Å². The Morgan fingerprint density at radius 1 is 1.38 bits per heavy atom. The molecule has 0 N–H and O–H groups in total. The van der Waals surface area contributed by atoms with Gasteiger partial charge in [0.2, 0.25) is 0 Å². The van der Waals surface area contributed by atoms with Gasteiger partial charge in [0.15, 0.2) is 5.78 Å². The van der Waals surface area contributed by atoms with Crippen LogP contribution in [0.25, 0.3) is 6.08 Å². The molecule has 4 heteroatoms. The molecule has 3 nitrogen and oxygen atoms in total. The molecule has 0 saturated heterocycles. The van der Waals surface area contributed by atoms with Crippen molar-refractivity contribution in [3.05, 3.63) is 59.1 Å². The number of halogens is 1. The summed E-state index contributed by atoms with van der Waals surface area (Å²) in [5, 5.41) is 0. The highest BCUT2D eigenvalue weighted by Crippen LogP contribution is 2.18. The summed E-state index contributed by atoms with van der Waals surface area (Å²) in [6, 6.07) is 7.74. The number of hydrogen-bond donors (Lipinski definition) is 0. The first-order valence-electron chi connectivity index (χ1n) is 7.15. The Kier molecular flexibility index (Phi) is 5.93. The zero-order chi connectivity index (χ0) is 15.1. The van der Waals surface area contributed by atoms with Crippen molar-refractivity contribution in [2.75, 3.05) is 0 Å². The van der Waals surface area contributed by atoms with Crippen molar-refractivity contribution in [2.45, 2.75) is 32.2 Å². The minimum absolute atomic E-state index is 0.115. The molecule has 1 atom stereocenters. The van der Waals surface area contributed by atoms with E-state index in [1.165, 1.54) is 0 Å². The fourth-order valence-electron chi connectivity index (χ4n) is 2.15. The molecule has 1 unspecified atom stereocenters. The smallest absolute Gasteiger partial charge is 0.178 e. The van der Waals surface area contributed by atoms with E-state index in [0.717, 1.165) is 29.3 Å². The van der Waals surface area contributed by atoms with Gasteiger partial charge in [-0.3, -0.25) is 4.79 Å². The van der Waals surface area contributed by atoms with E-state index in [1.54, 1.807) is 18.6 Å². The summed E-state index contributed by atoms with van der Waals surface area (Å²) in [5.41, 5.74) is 1.02. The second-order valence-electron chi connectivity index (χ2n) is 4.96. The standard InChI is InChI=1S/C17H19BrN2O/c1-2-3-4-16(20-12-11-19-13-20)17(21)10-7-14-5-8-15(18)9-6-14/h5-13,16H,2-4H2,1H3. The number of benzene rings is 1. The summed E-state index contributed by atoms with van der Waals surface area (Å²) in [5.74, 6) is 0.115. The highest BCUT2D eigenvalue weighted by Gasteiger charge is 2.16. The van der Waals surface area contributed by atoms with Crippen LogP contribution in [0.4, 0.5) is 0 Å². The number of nitrogens with zero attached hydrogens (tertiary/aromatic N) is 2. The Morgan fingerprint density at radius 3 is 2.76 bits per heavy atom. The van der Waals surface area contributed by atoms with Gasteiger partial charge >= 0.3 is 0 Å². The Balaban J connectivity index is 2.09. The third-order valence-electron chi connectivity index (χ3n) is 3.35. The van der Waals surface area contributed by atoms with Crippen LogP contribution < -0.4 is 0 Å². The SMILES string of the molecule is CCCCC(C(=O)C=Cc1ccc(Br)cc1)n1ccnc1. The molecule has 0 radical (unpaired) electrons. The summed E-state index contributed by atoms with van der Waals surface area (Å²) in [7, 11) is 0. The van der Waals surface area contributed by atoms with Crippen LogP contribution in [0, 0.1) is 0 Å². The second kappa shape index (κ2) is 7.93. The summed E-state index contributed by atoms with van der Waals surface area (Å²) >= 11 is 3.40. The lowest BCUT2D eigenvalue weighted by atomic mass is 10.0. The molecule has 21 heavy (non-hydrogen) atoms. The summed E-state index contributed by atoms with van der Waals surface area (Å²) < 4.78 is 2.93. The van der Waals surface area contributed by atoms with E-state index < -0.39 is 0 Å². The van der Waals surface area contributed by atoms with Crippen LogP contribution in [-0.2, 0) is 4.79 Å². The minimum atomic E-state index is -0.154. The van der Waals surface area contributed by atoms with E-state index in [-0.39, 0.29) is 11.8 Å². The number of carbonyl (C=O) groups is 1. The number of unbranched alkanes of at least 4 members (excludes halogenated alkanes) is 1. The number of carbonyl (C=O) groups excluding carboxylic acids is 1. The molecular weight excluding hydrogens is 328 g/mol. The third kappa shape index (κ3) is 4.67. The molecular formula is C17H19BrN2O. The van der Waals surface area contributed by atoms with Gasteiger partial charge in [0.1, 0.15) is 0 Å². The van der Waals surface area contributed by atoms with E-state index in [4.69, 9.17) is 0 Å². The molecule has 0 aliphatic carbocycles. The van der Waals surface area contributed by atoms with Crippen LogP contribution in [0.1, 0.15) is 37.8 Å². The van der Waals surface area contributed by atoms with E-state index in [2.05, 4.69) is 27.8 Å². The van der Waals surface area contributed by atoms with Crippen molar-refractivity contribution >= 4 is 27.8 Å². The van der Waals surface area contributed by atoms with Crippen LogP contribution >= 0.6 is 15.9 Å². The van der Waals surface area contributed by atoms with Crippen LogP contribution in [-0.4, -0.2) is 15.3 Å². The lowest BCUT2D eigenvalue weighted by Crippen LogP contribution is -2.16. The van der Waals surface area contributed by atoms with Crippen molar-refractivity contribution in [3.8, 4) is 0 Å². The second-order valence-corrected chi connectivity index (χ2v) is 5.87. The number of hydrogen-bond acceptors (Lipinski definition) is 2. The van der Waals surface area contributed by atoms with Gasteiger partial charge < -0.3 is 4.57 Å². The Bertz CT molecular complexity index is 588. The number of ketones is 1. The first-order valence-corrected chi connectivity index (χ1v) is 7.95. The molecule has 0 spiro atoms. The van der Waals surface area contributed by atoms with Gasteiger partial charge in [-0.05, 0) is 30.2 Å². The predicted molar refractivity (Wildman–Crippen MR) is 89.0 cm³/mol. The summed E-state index contributed by atoms with van der Waals surface area (Å²) in [6.45, 7) is 2.13. The minimum Gasteiger partial charge on any atom is -0.327 e. The van der Waals surface area contributed by atoms with Crippen molar-refractivity contribution in [1.29, 1.82) is 0 Å². The number of aromatic nitrogens is 2. The molecule has 0 amide bonds. The number of allylic oxidation sites excluding steroid dienone is 1. The van der Waals surface area contributed by atoms with Crippen LogP contribution in [0.2, 0.25) is 0 Å². The normalized spacial score (nSPS) is 12.7. The molecule has 0 aliphatic heterocycles. The van der Waals surface area contributed by atoms with Crippen LogP contribution in [0.3, 0.4) is 0 Å². The molecule has 0 bridgehead atoms. The molecule has 0 saturated carbocycles. The monoisotopic (exact) mass is 346 g/mol. The van der Waals surface area contributed by atoms with Gasteiger partial charge in [-0.2, -0.15) is 0 Å². The highest BCUT2D eigenvalue weighted by atomic mass is 79.9. The maximum Gasteiger partial charge on any atom is 0.178 e. The Labute approximate surface area is 133 Å².